The lowest BCUT2D eigenvalue weighted by atomic mass is 10.1. The van der Waals surface area contributed by atoms with Crippen LogP contribution in [0.15, 0.2) is 28.7 Å². The molecule has 1 aromatic rings. The largest absolute Gasteiger partial charge is 0.379 e. The highest BCUT2D eigenvalue weighted by molar-refractivity contribution is 6.30. The highest BCUT2D eigenvalue weighted by Crippen LogP contribution is 2.13. The molecule has 2 rings (SSSR count). The third kappa shape index (κ3) is 5.20. The lowest BCUT2D eigenvalue weighted by Gasteiger charge is -2.31. The molecular weight excluding hydrogens is 320 g/mol. The third-order valence-corrected chi connectivity index (χ3v) is 3.81. The van der Waals surface area contributed by atoms with Crippen LogP contribution in [0.5, 0.6) is 0 Å². The molecule has 1 aromatic heterocycles. The Bertz CT molecular complexity index is 637. The number of nitrogens with one attached hydrogen (secondary N) is 2. The van der Waals surface area contributed by atoms with E-state index in [4.69, 9.17) is 21.1 Å². The molecule has 0 aliphatic carbocycles. The molecule has 6 nitrogen and oxygen atoms in total. The molecule has 1 aliphatic heterocycles. The van der Waals surface area contributed by atoms with Crippen molar-refractivity contribution in [3.05, 3.63) is 44.9 Å². The standard InChI is InChI=1S/C16H21ClN2O4/c1-10(2)3-6-23-14-4-5-22-9-13(14)19-15(20)11-7-12(17)16(21)18-8-11/h3,7-8,13-14H,4-6,9H2,1-2H3,(H,18,21)(H,19,20)/t13-,14+/m1/s1. The molecule has 0 bridgehead atoms. The molecule has 23 heavy (non-hydrogen) atoms. The van der Waals surface area contributed by atoms with Gasteiger partial charge in [0.1, 0.15) is 5.02 Å². The Kier molecular flexibility index (Phi) is 6.38. The number of allylic oxidation sites excluding steroid dienone is 1. The molecule has 126 valence electrons. The van der Waals surface area contributed by atoms with E-state index in [9.17, 15) is 9.59 Å². The number of hydrogen-bond donors (Lipinski definition) is 2. The van der Waals surface area contributed by atoms with Crippen molar-refractivity contribution in [3.8, 4) is 0 Å². The fraction of sp³-hybridized carbons (Fsp3) is 0.500. The third-order valence-electron chi connectivity index (χ3n) is 3.53. The Morgan fingerprint density at radius 3 is 3.04 bits per heavy atom. The molecule has 2 atom stereocenters. The summed E-state index contributed by atoms with van der Waals surface area (Å²) in [6.45, 7) is 5.52. The summed E-state index contributed by atoms with van der Waals surface area (Å²) in [6, 6.07) is 1.10. The highest BCUT2D eigenvalue weighted by Gasteiger charge is 2.28. The lowest BCUT2D eigenvalue weighted by Crippen LogP contribution is -2.50. The average molecular weight is 341 g/mol. The number of rotatable bonds is 5. The molecule has 7 heteroatoms. The van der Waals surface area contributed by atoms with Gasteiger partial charge in [-0.2, -0.15) is 0 Å². The van der Waals surface area contributed by atoms with Crippen molar-refractivity contribution in [3.63, 3.8) is 0 Å². The van der Waals surface area contributed by atoms with Crippen LogP contribution in [0.2, 0.25) is 5.02 Å². The summed E-state index contributed by atoms with van der Waals surface area (Å²) >= 11 is 5.75. The molecule has 2 heterocycles. The molecular formula is C16H21ClN2O4. The van der Waals surface area contributed by atoms with Gasteiger partial charge in [-0.05, 0) is 26.3 Å². The minimum absolute atomic E-state index is 0.0195. The molecule has 0 aromatic carbocycles. The number of carbonyl (C=O) groups is 1. The van der Waals surface area contributed by atoms with Crippen LogP contribution in [0.4, 0.5) is 0 Å². The van der Waals surface area contributed by atoms with E-state index in [1.807, 2.05) is 19.9 Å². The zero-order chi connectivity index (χ0) is 16.8. The zero-order valence-electron chi connectivity index (χ0n) is 13.2. The predicted molar refractivity (Wildman–Crippen MR) is 87.9 cm³/mol. The van der Waals surface area contributed by atoms with E-state index in [0.29, 0.717) is 31.8 Å². The summed E-state index contributed by atoms with van der Waals surface area (Å²) in [4.78, 5) is 26.0. The summed E-state index contributed by atoms with van der Waals surface area (Å²) in [5.74, 6) is -0.325. The second-order valence-electron chi connectivity index (χ2n) is 5.66. The smallest absolute Gasteiger partial charge is 0.266 e. The SMILES string of the molecule is CC(C)=CCO[C@H]1CCOC[C@H]1NC(=O)c1c[nH]c(=O)c(Cl)c1. The fourth-order valence-electron chi connectivity index (χ4n) is 2.23. The van der Waals surface area contributed by atoms with Gasteiger partial charge in [-0.3, -0.25) is 9.59 Å². The Hall–Kier alpha value is -1.63. The highest BCUT2D eigenvalue weighted by atomic mass is 35.5. The van der Waals surface area contributed by atoms with Gasteiger partial charge in [-0.15, -0.1) is 0 Å². The van der Waals surface area contributed by atoms with Gasteiger partial charge in [0.2, 0.25) is 0 Å². The Labute approximate surface area is 139 Å². The van der Waals surface area contributed by atoms with E-state index in [1.165, 1.54) is 17.8 Å². The summed E-state index contributed by atoms with van der Waals surface area (Å²) in [7, 11) is 0. The quantitative estimate of drug-likeness (QED) is 0.802. The number of aromatic amines is 1. The molecule has 0 unspecified atom stereocenters. The second-order valence-corrected chi connectivity index (χ2v) is 6.07. The van der Waals surface area contributed by atoms with E-state index in [1.54, 1.807) is 0 Å². The number of carbonyl (C=O) groups excluding carboxylic acids is 1. The zero-order valence-corrected chi connectivity index (χ0v) is 14.0. The van der Waals surface area contributed by atoms with Crippen molar-refractivity contribution in [1.82, 2.24) is 10.3 Å². The maximum Gasteiger partial charge on any atom is 0.266 e. The van der Waals surface area contributed by atoms with Crippen molar-refractivity contribution in [1.29, 1.82) is 0 Å². The number of pyridine rings is 1. The molecule has 1 fully saturated rings. The van der Waals surface area contributed by atoms with Crippen LogP contribution < -0.4 is 10.9 Å². The fourth-order valence-corrected chi connectivity index (χ4v) is 2.40. The van der Waals surface area contributed by atoms with Gasteiger partial charge >= 0.3 is 0 Å². The monoisotopic (exact) mass is 340 g/mol. The van der Waals surface area contributed by atoms with E-state index in [-0.39, 0.29) is 23.1 Å². The van der Waals surface area contributed by atoms with E-state index < -0.39 is 5.56 Å². The maximum absolute atomic E-state index is 12.3. The van der Waals surface area contributed by atoms with E-state index >= 15 is 0 Å². The topological polar surface area (TPSA) is 80.4 Å². The van der Waals surface area contributed by atoms with Crippen LogP contribution in [0.1, 0.15) is 30.6 Å². The van der Waals surface area contributed by atoms with Crippen LogP contribution in [-0.2, 0) is 9.47 Å². The molecule has 1 aliphatic rings. The minimum atomic E-state index is -0.424. The molecule has 0 radical (unpaired) electrons. The molecule has 1 amide bonds. The van der Waals surface area contributed by atoms with E-state index in [0.717, 1.165) is 0 Å². The van der Waals surface area contributed by atoms with Gasteiger partial charge in [0.05, 0.1) is 30.9 Å². The molecule has 2 N–H and O–H groups in total. The van der Waals surface area contributed by atoms with Gasteiger partial charge in [-0.1, -0.05) is 23.3 Å². The van der Waals surface area contributed by atoms with Crippen LogP contribution in [-0.4, -0.2) is 42.9 Å². The average Bonchev–Trinajstić information content (AvgIpc) is 2.51. The number of amides is 1. The van der Waals surface area contributed by atoms with Gasteiger partial charge < -0.3 is 19.8 Å². The normalized spacial score (nSPS) is 20.8. The van der Waals surface area contributed by atoms with Crippen LogP contribution in [0.25, 0.3) is 0 Å². The first kappa shape index (κ1) is 17.7. The van der Waals surface area contributed by atoms with Crippen molar-refractivity contribution >= 4 is 17.5 Å². The Morgan fingerprint density at radius 2 is 2.35 bits per heavy atom. The summed E-state index contributed by atoms with van der Waals surface area (Å²) < 4.78 is 11.3. The van der Waals surface area contributed by atoms with Crippen LogP contribution >= 0.6 is 11.6 Å². The van der Waals surface area contributed by atoms with Crippen molar-refractivity contribution < 1.29 is 14.3 Å². The molecule has 0 saturated carbocycles. The predicted octanol–water partition coefficient (Wildman–Crippen LogP) is 1.90. The summed E-state index contributed by atoms with van der Waals surface area (Å²) in [5.41, 5.74) is 1.05. The van der Waals surface area contributed by atoms with Crippen LogP contribution in [0, 0.1) is 0 Å². The molecule has 0 spiro atoms. The van der Waals surface area contributed by atoms with Crippen LogP contribution in [0.3, 0.4) is 0 Å². The van der Waals surface area contributed by atoms with Gasteiger partial charge in [0.25, 0.3) is 11.5 Å². The van der Waals surface area contributed by atoms with E-state index in [2.05, 4.69) is 10.3 Å². The van der Waals surface area contributed by atoms with Crippen molar-refractivity contribution in [2.75, 3.05) is 19.8 Å². The summed E-state index contributed by atoms with van der Waals surface area (Å²) in [6.07, 6.45) is 3.94. The Balaban J connectivity index is 2.00. The number of halogens is 1. The number of H-pyrrole nitrogens is 1. The lowest BCUT2D eigenvalue weighted by molar-refractivity contribution is -0.0457. The van der Waals surface area contributed by atoms with Gasteiger partial charge in [0.15, 0.2) is 0 Å². The first-order chi connectivity index (χ1) is 11.0. The first-order valence-electron chi connectivity index (χ1n) is 7.49. The van der Waals surface area contributed by atoms with Gasteiger partial charge in [0, 0.05) is 12.8 Å². The van der Waals surface area contributed by atoms with Crippen molar-refractivity contribution in [2.45, 2.75) is 32.4 Å². The van der Waals surface area contributed by atoms with Crippen molar-refractivity contribution in [2.24, 2.45) is 0 Å². The first-order valence-corrected chi connectivity index (χ1v) is 7.87. The summed E-state index contributed by atoms with van der Waals surface area (Å²) in [5, 5.41) is 2.86. The second kappa shape index (κ2) is 8.29. The number of hydrogen-bond acceptors (Lipinski definition) is 4. The Morgan fingerprint density at radius 1 is 1.57 bits per heavy atom. The minimum Gasteiger partial charge on any atom is -0.379 e. The maximum atomic E-state index is 12.3. The molecule has 1 saturated heterocycles. The van der Waals surface area contributed by atoms with Gasteiger partial charge in [-0.25, -0.2) is 0 Å². The number of aromatic nitrogens is 1. The number of ether oxygens (including phenoxy) is 2.